The largest absolute Gasteiger partial charge is 0.328 e. The minimum absolute atomic E-state index is 0.753. The van der Waals surface area contributed by atoms with Crippen LogP contribution in [0.2, 0.25) is 0 Å². The molecule has 2 aromatic rings. The summed E-state index contributed by atoms with van der Waals surface area (Å²) < 4.78 is 3.70. The van der Waals surface area contributed by atoms with Gasteiger partial charge in [-0.3, -0.25) is 0 Å². The van der Waals surface area contributed by atoms with E-state index < -0.39 is 0 Å². The first kappa shape index (κ1) is 6.66. The van der Waals surface area contributed by atoms with Crippen LogP contribution in [0.1, 0.15) is 24.4 Å². The van der Waals surface area contributed by atoms with Gasteiger partial charge in [0.25, 0.3) is 0 Å². The predicted octanol–water partition coefficient (Wildman–Crippen LogP) is 2.74. The fraction of sp³-hybridized carbons (Fsp3) is 0.444. The van der Waals surface area contributed by atoms with E-state index in [-0.39, 0.29) is 0 Å². The number of thiazole rings is 1. The lowest BCUT2D eigenvalue weighted by Crippen LogP contribution is -1.90. The van der Waals surface area contributed by atoms with Crippen LogP contribution in [-0.2, 0) is 0 Å². The zero-order chi connectivity index (χ0) is 8.13. The summed E-state index contributed by atoms with van der Waals surface area (Å²) in [6.45, 7) is 2.17. The van der Waals surface area contributed by atoms with Gasteiger partial charge in [0, 0.05) is 12.2 Å². The van der Waals surface area contributed by atoms with Gasteiger partial charge in [0.15, 0.2) is 5.65 Å². The smallest absolute Gasteiger partial charge is 0.151 e. The summed E-state index contributed by atoms with van der Waals surface area (Å²) in [7, 11) is 0. The molecule has 2 heterocycles. The summed E-state index contributed by atoms with van der Waals surface area (Å²) in [4.78, 5) is 4.38. The van der Waals surface area contributed by atoms with E-state index in [2.05, 4.69) is 22.7 Å². The van der Waals surface area contributed by atoms with E-state index in [1.807, 2.05) is 5.51 Å². The Labute approximate surface area is 74.8 Å². The average molecular weight is 178 g/mol. The van der Waals surface area contributed by atoms with Crippen LogP contribution in [0, 0.1) is 6.92 Å². The Morgan fingerprint density at radius 1 is 1.58 bits per heavy atom. The van der Waals surface area contributed by atoms with Crippen molar-refractivity contribution in [1.29, 1.82) is 0 Å². The SMILES string of the molecule is Cc1cn(C2CC2)c2ncsc12. The number of hydrogen-bond acceptors (Lipinski definition) is 2. The molecular weight excluding hydrogens is 168 g/mol. The van der Waals surface area contributed by atoms with E-state index in [1.54, 1.807) is 11.3 Å². The standard InChI is InChI=1S/C9H10N2S/c1-6-4-11(7-2-3-7)9-8(6)12-5-10-9/h4-5,7H,2-3H2,1H3. The van der Waals surface area contributed by atoms with Crippen LogP contribution in [0.4, 0.5) is 0 Å². The highest BCUT2D eigenvalue weighted by Gasteiger charge is 2.25. The molecule has 0 unspecified atom stereocenters. The van der Waals surface area contributed by atoms with E-state index in [1.165, 1.54) is 28.8 Å². The van der Waals surface area contributed by atoms with Crippen molar-refractivity contribution in [2.45, 2.75) is 25.8 Å². The Morgan fingerprint density at radius 2 is 2.42 bits per heavy atom. The summed E-state index contributed by atoms with van der Waals surface area (Å²) >= 11 is 1.75. The Balaban J connectivity index is 2.33. The lowest BCUT2D eigenvalue weighted by molar-refractivity contribution is 0.765. The molecule has 0 aromatic carbocycles. The van der Waals surface area contributed by atoms with Gasteiger partial charge in [-0.05, 0) is 25.3 Å². The lowest BCUT2D eigenvalue weighted by atomic mass is 10.4. The summed E-state index contributed by atoms with van der Waals surface area (Å²) in [5.74, 6) is 0. The monoisotopic (exact) mass is 178 g/mol. The molecule has 0 saturated heterocycles. The van der Waals surface area contributed by atoms with Gasteiger partial charge in [0.05, 0.1) is 10.2 Å². The fourth-order valence-corrected chi connectivity index (χ4v) is 2.41. The molecule has 2 aromatic heterocycles. The lowest BCUT2D eigenvalue weighted by Gasteiger charge is -1.96. The Hall–Kier alpha value is -0.830. The second kappa shape index (κ2) is 2.10. The number of nitrogens with zero attached hydrogens (tertiary/aromatic N) is 2. The first-order valence-electron chi connectivity index (χ1n) is 4.27. The molecule has 0 atom stereocenters. The van der Waals surface area contributed by atoms with E-state index in [0.717, 1.165) is 6.04 Å². The van der Waals surface area contributed by atoms with E-state index in [9.17, 15) is 0 Å². The summed E-state index contributed by atoms with van der Waals surface area (Å²) in [6, 6.07) is 0.753. The van der Waals surface area contributed by atoms with Gasteiger partial charge >= 0.3 is 0 Å². The van der Waals surface area contributed by atoms with Crippen molar-refractivity contribution >= 4 is 21.7 Å². The Kier molecular flexibility index (Phi) is 1.17. The second-order valence-corrected chi connectivity index (χ2v) is 4.31. The van der Waals surface area contributed by atoms with Gasteiger partial charge in [0.1, 0.15) is 0 Å². The molecule has 1 aliphatic carbocycles. The number of hydrogen-bond donors (Lipinski definition) is 0. The van der Waals surface area contributed by atoms with Crippen LogP contribution >= 0.6 is 11.3 Å². The van der Waals surface area contributed by atoms with Crippen molar-refractivity contribution in [3.05, 3.63) is 17.3 Å². The molecule has 1 fully saturated rings. The maximum Gasteiger partial charge on any atom is 0.151 e. The minimum atomic E-state index is 0.753. The van der Waals surface area contributed by atoms with E-state index >= 15 is 0 Å². The van der Waals surface area contributed by atoms with Gasteiger partial charge < -0.3 is 4.57 Å². The van der Waals surface area contributed by atoms with E-state index in [0.29, 0.717) is 0 Å². The van der Waals surface area contributed by atoms with Crippen molar-refractivity contribution in [2.24, 2.45) is 0 Å². The molecule has 3 rings (SSSR count). The minimum Gasteiger partial charge on any atom is -0.328 e. The fourth-order valence-electron chi connectivity index (χ4n) is 1.65. The summed E-state index contributed by atoms with van der Waals surface area (Å²) in [5.41, 5.74) is 4.51. The van der Waals surface area contributed by atoms with Crippen LogP contribution in [0.25, 0.3) is 10.3 Å². The molecule has 0 N–H and O–H groups in total. The van der Waals surface area contributed by atoms with Crippen LogP contribution in [0.5, 0.6) is 0 Å². The van der Waals surface area contributed by atoms with Crippen molar-refractivity contribution < 1.29 is 0 Å². The Morgan fingerprint density at radius 3 is 3.17 bits per heavy atom. The quantitative estimate of drug-likeness (QED) is 0.656. The van der Waals surface area contributed by atoms with Crippen LogP contribution in [0.3, 0.4) is 0 Å². The number of fused-ring (bicyclic) bond motifs is 1. The third kappa shape index (κ3) is 0.771. The van der Waals surface area contributed by atoms with E-state index in [4.69, 9.17) is 0 Å². The van der Waals surface area contributed by atoms with Crippen molar-refractivity contribution in [1.82, 2.24) is 9.55 Å². The summed E-state index contributed by atoms with van der Waals surface area (Å²) in [5, 5.41) is 0. The normalized spacial score (nSPS) is 17.4. The van der Waals surface area contributed by atoms with Crippen molar-refractivity contribution in [3.8, 4) is 0 Å². The highest BCUT2D eigenvalue weighted by atomic mass is 32.1. The zero-order valence-corrected chi connectivity index (χ0v) is 7.77. The topological polar surface area (TPSA) is 17.8 Å². The second-order valence-electron chi connectivity index (χ2n) is 3.46. The van der Waals surface area contributed by atoms with Gasteiger partial charge in [-0.2, -0.15) is 0 Å². The van der Waals surface area contributed by atoms with Gasteiger partial charge in [0.2, 0.25) is 0 Å². The molecule has 2 nitrogen and oxygen atoms in total. The Bertz CT molecular complexity index is 423. The predicted molar refractivity (Wildman–Crippen MR) is 50.6 cm³/mol. The van der Waals surface area contributed by atoms with Gasteiger partial charge in [-0.15, -0.1) is 11.3 Å². The van der Waals surface area contributed by atoms with Gasteiger partial charge in [-0.25, -0.2) is 4.98 Å². The molecule has 12 heavy (non-hydrogen) atoms. The van der Waals surface area contributed by atoms with Crippen molar-refractivity contribution in [2.75, 3.05) is 0 Å². The molecule has 0 bridgehead atoms. The number of rotatable bonds is 1. The summed E-state index contributed by atoms with van der Waals surface area (Å²) in [6.07, 6.45) is 4.91. The molecule has 1 aliphatic rings. The van der Waals surface area contributed by atoms with Crippen molar-refractivity contribution in [3.63, 3.8) is 0 Å². The average Bonchev–Trinajstić information content (AvgIpc) is 2.68. The maximum atomic E-state index is 4.38. The number of aryl methyl sites for hydroxylation is 1. The molecule has 0 spiro atoms. The van der Waals surface area contributed by atoms with Crippen LogP contribution in [0.15, 0.2) is 11.7 Å². The molecule has 1 saturated carbocycles. The third-order valence-corrected chi connectivity index (χ3v) is 3.38. The maximum absolute atomic E-state index is 4.38. The zero-order valence-electron chi connectivity index (χ0n) is 6.95. The van der Waals surface area contributed by atoms with Crippen LogP contribution in [-0.4, -0.2) is 9.55 Å². The molecule has 3 heteroatoms. The van der Waals surface area contributed by atoms with Crippen LogP contribution < -0.4 is 0 Å². The molecule has 0 radical (unpaired) electrons. The first-order valence-corrected chi connectivity index (χ1v) is 5.15. The van der Waals surface area contributed by atoms with Gasteiger partial charge in [-0.1, -0.05) is 0 Å². The highest BCUT2D eigenvalue weighted by molar-refractivity contribution is 7.16. The number of aromatic nitrogens is 2. The third-order valence-electron chi connectivity index (χ3n) is 2.42. The molecular formula is C9H10N2S. The molecule has 62 valence electrons. The first-order chi connectivity index (χ1) is 5.86. The highest BCUT2D eigenvalue weighted by Crippen LogP contribution is 2.39. The molecule has 0 aliphatic heterocycles. The molecule has 0 amide bonds.